The van der Waals surface area contributed by atoms with Gasteiger partial charge in [-0.25, -0.2) is 0 Å². The predicted octanol–water partition coefficient (Wildman–Crippen LogP) is 3.04. The molecule has 0 saturated carbocycles. The van der Waals surface area contributed by atoms with Crippen LogP contribution in [0.2, 0.25) is 0 Å². The van der Waals surface area contributed by atoms with Crippen molar-refractivity contribution in [2.24, 2.45) is 0 Å². The number of hydrogen-bond donors (Lipinski definition) is 1. The molecular weight excluding hydrogens is 202 g/mol. The number of ketones is 1. The van der Waals surface area contributed by atoms with Gasteiger partial charge in [0.2, 0.25) is 0 Å². The molecule has 0 unspecified atom stereocenters. The maximum atomic E-state index is 11.6. The Labute approximate surface area is 96.6 Å². The number of carbonyl (C=O) groups excluding carboxylic acids is 1. The molecule has 0 atom stereocenters. The SMILES string of the molecule is CCCC(=O)c1ccc(OC(C)C)c(N)c1. The fourth-order valence-corrected chi connectivity index (χ4v) is 1.45. The van der Waals surface area contributed by atoms with Crippen LogP contribution in [0.25, 0.3) is 0 Å². The van der Waals surface area contributed by atoms with Gasteiger partial charge in [0.25, 0.3) is 0 Å². The van der Waals surface area contributed by atoms with Gasteiger partial charge < -0.3 is 10.5 Å². The second-order valence-corrected chi connectivity index (χ2v) is 4.09. The zero-order valence-corrected chi connectivity index (χ0v) is 10.1. The fourth-order valence-electron chi connectivity index (χ4n) is 1.45. The number of benzene rings is 1. The van der Waals surface area contributed by atoms with E-state index in [-0.39, 0.29) is 11.9 Å². The summed E-state index contributed by atoms with van der Waals surface area (Å²) in [5.74, 6) is 0.772. The number of rotatable bonds is 5. The smallest absolute Gasteiger partial charge is 0.162 e. The normalized spacial score (nSPS) is 10.5. The van der Waals surface area contributed by atoms with Crippen LogP contribution in [0.15, 0.2) is 18.2 Å². The average molecular weight is 221 g/mol. The number of ether oxygens (including phenoxy) is 1. The Kier molecular flexibility index (Phi) is 4.35. The van der Waals surface area contributed by atoms with Crippen LogP contribution in [-0.4, -0.2) is 11.9 Å². The lowest BCUT2D eigenvalue weighted by atomic mass is 10.1. The Morgan fingerprint density at radius 2 is 2.12 bits per heavy atom. The Morgan fingerprint density at radius 1 is 1.44 bits per heavy atom. The molecule has 0 heterocycles. The number of carbonyl (C=O) groups is 1. The summed E-state index contributed by atoms with van der Waals surface area (Å²) in [7, 11) is 0. The Morgan fingerprint density at radius 3 is 2.62 bits per heavy atom. The van der Waals surface area contributed by atoms with Crippen LogP contribution in [0.4, 0.5) is 5.69 Å². The molecule has 0 aliphatic rings. The Bertz CT molecular complexity index is 372. The van der Waals surface area contributed by atoms with Gasteiger partial charge in [-0.15, -0.1) is 0 Å². The summed E-state index contributed by atoms with van der Waals surface area (Å²) in [5, 5.41) is 0. The lowest BCUT2D eigenvalue weighted by Crippen LogP contribution is -2.08. The van der Waals surface area contributed by atoms with Crippen molar-refractivity contribution < 1.29 is 9.53 Å². The molecule has 0 radical (unpaired) electrons. The zero-order valence-electron chi connectivity index (χ0n) is 10.1. The van der Waals surface area contributed by atoms with Crippen molar-refractivity contribution in [3.63, 3.8) is 0 Å². The van der Waals surface area contributed by atoms with Gasteiger partial charge in [0.05, 0.1) is 11.8 Å². The lowest BCUT2D eigenvalue weighted by Gasteiger charge is -2.12. The van der Waals surface area contributed by atoms with Gasteiger partial charge in [-0.05, 0) is 38.5 Å². The van der Waals surface area contributed by atoms with Crippen LogP contribution >= 0.6 is 0 Å². The fraction of sp³-hybridized carbons (Fsp3) is 0.462. The van der Waals surface area contributed by atoms with Gasteiger partial charge in [0, 0.05) is 12.0 Å². The van der Waals surface area contributed by atoms with Crippen molar-refractivity contribution in [2.75, 3.05) is 5.73 Å². The van der Waals surface area contributed by atoms with E-state index in [0.29, 0.717) is 23.4 Å². The molecule has 1 aromatic carbocycles. The molecule has 3 nitrogen and oxygen atoms in total. The largest absolute Gasteiger partial charge is 0.489 e. The summed E-state index contributed by atoms with van der Waals surface area (Å²) in [6.07, 6.45) is 1.49. The summed E-state index contributed by atoms with van der Waals surface area (Å²) >= 11 is 0. The number of anilines is 1. The first kappa shape index (κ1) is 12.6. The maximum Gasteiger partial charge on any atom is 0.162 e. The van der Waals surface area contributed by atoms with E-state index in [1.165, 1.54) is 0 Å². The summed E-state index contributed by atoms with van der Waals surface area (Å²) < 4.78 is 5.50. The highest BCUT2D eigenvalue weighted by molar-refractivity contribution is 5.97. The third kappa shape index (κ3) is 3.26. The minimum atomic E-state index is 0.0829. The topological polar surface area (TPSA) is 52.3 Å². The minimum absolute atomic E-state index is 0.0829. The van der Waals surface area contributed by atoms with Gasteiger partial charge in [0.1, 0.15) is 5.75 Å². The first-order valence-electron chi connectivity index (χ1n) is 5.64. The minimum Gasteiger partial charge on any atom is -0.489 e. The van der Waals surface area contributed by atoms with Crippen molar-refractivity contribution in [1.82, 2.24) is 0 Å². The molecule has 1 aromatic rings. The molecule has 0 spiro atoms. The van der Waals surface area contributed by atoms with Crippen LogP contribution in [0.1, 0.15) is 44.0 Å². The van der Waals surface area contributed by atoms with Gasteiger partial charge in [-0.3, -0.25) is 4.79 Å². The molecule has 0 aromatic heterocycles. The van der Waals surface area contributed by atoms with Crippen molar-refractivity contribution >= 4 is 11.5 Å². The van der Waals surface area contributed by atoms with E-state index in [4.69, 9.17) is 10.5 Å². The molecule has 2 N–H and O–H groups in total. The Hall–Kier alpha value is -1.51. The van der Waals surface area contributed by atoms with E-state index in [2.05, 4.69) is 0 Å². The molecule has 3 heteroatoms. The van der Waals surface area contributed by atoms with Crippen LogP contribution < -0.4 is 10.5 Å². The summed E-state index contributed by atoms with van der Waals surface area (Å²) in [6.45, 7) is 5.86. The first-order chi connectivity index (χ1) is 7.54. The molecule has 0 bridgehead atoms. The van der Waals surface area contributed by atoms with Gasteiger partial charge in [-0.1, -0.05) is 6.92 Å². The molecule has 0 aliphatic carbocycles. The second kappa shape index (κ2) is 5.54. The first-order valence-corrected chi connectivity index (χ1v) is 5.64. The lowest BCUT2D eigenvalue weighted by molar-refractivity contribution is 0.0982. The average Bonchev–Trinajstić information content (AvgIpc) is 2.20. The van der Waals surface area contributed by atoms with Gasteiger partial charge >= 0.3 is 0 Å². The quantitative estimate of drug-likeness (QED) is 0.614. The van der Waals surface area contributed by atoms with Crippen LogP contribution in [-0.2, 0) is 0 Å². The molecular formula is C13H19NO2. The van der Waals surface area contributed by atoms with E-state index in [1.807, 2.05) is 20.8 Å². The van der Waals surface area contributed by atoms with Gasteiger partial charge in [0.15, 0.2) is 5.78 Å². The monoisotopic (exact) mass is 221 g/mol. The highest BCUT2D eigenvalue weighted by Gasteiger charge is 2.08. The van der Waals surface area contributed by atoms with Crippen LogP contribution in [0.5, 0.6) is 5.75 Å². The van der Waals surface area contributed by atoms with E-state index >= 15 is 0 Å². The molecule has 16 heavy (non-hydrogen) atoms. The van der Waals surface area contributed by atoms with Crippen LogP contribution in [0.3, 0.4) is 0 Å². The van der Waals surface area contributed by atoms with Crippen molar-refractivity contribution in [3.05, 3.63) is 23.8 Å². The third-order valence-electron chi connectivity index (χ3n) is 2.17. The van der Waals surface area contributed by atoms with Gasteiger partial charge in [-0.2, -0.15) is 0 Å². The molecule has 0 saturated heterocycles. The van der Waals surface area contributed by atoms with E-state index in [9.17, 15) is 4.79 Å². The summed E-state index contributed by atoms with van der Waals surface area (Å²) in [4.78, 5) is 11.6. The zero-order chi connectivity index (χ0) is 12.1. The molecule has 0 fully saturated rings. The number of nitrogen functional groups attached to an aromatic ring is 1. The van der Waals surface area contributed by atoms with Crippen LogP contribution in [0, 0.1) is 0 Å². The highest BCUT2D eigenvalue weighted by atomic mass is 16.5. The highest BCUT2D eigenvalue weighted by Crippen LogP contribution is 2.24. The maximum absolute atomic E-state index is 11.6. The predicted molar refractivity (Wildman–Crippen MR) is 65.9 cm³/mol. The standard InChI is InChI=1S/C13H19NO2/c1-4-5-12(15)10-6-7-13(11(14)8-10)16-9(2)3/h6-9H,4-5,14H2,1-3H3. The number of nitrogens with two attached hydrogens (primary N) is 1. The third-order valence-corrected chi connectivity index (χ3v) is 2.17. The van der Waals surface area contributed by atoms with Crippen molar-refractivity contribution in [2.45, 2.75) is 39.7 Å². The summed E-state index contributed by atoms with van der Waals surface area (Å²) in [6, 6.07) is 5.22. The molecule has 88 valence electrons. The van der Waals surface area contributed by atoms with E-state index in [1.54, 1.807) is 18.2 Å². The number of Topliss-reactive ketones (excluding diaryl/α,β-unsaturated/α-hetero) is 1. The Balaban J connectivity index is 2.86. The molecule has 1 rings (SSSR count). The van der Waals surface area contributed by atoms with E-state index in [0.717, 1.165) is 6.42 Å². The summed E-state index contributed by atoms with van der Waals surface area (Å²) in [5.41, 5.74) is 7.01. The second-order valence-electron chi connectivity index (χ2n) is 4.09. The van der Waals surface area contributed by atoms with E-state index < -0.39 is 0 Å². The van der Waals surface area contributed by atoms with Crippen molar-refractivity contribution in [1.29, 1.82) is 0 Å². The number of hydrogen-bond acceptors (Lipinski definition) is 3. The molecule has 0 amide bonds. The molecule has 0 aliphatic heterocycles. The van der Waals surface area contributed by atoms with Crippen molar-refractivity contribution in [3.8, 4) is 5.75 Å².